The van der Waals surface area contributed by atoms with Crippen molar-refractivity contribution < 1.29 is 4.79 Å². The van der Waals surface area contributed by atoms with Crippen LogP contribution < -0.4 is 11.1 Å². The summed E-state index contributed by atoms with van der Waals surface area (Å²) >= 11 is 6.00. The molecule has 1 fully saturated rings. The highest BCUT2D eigenvalue weighted by molar-refractivity contribution is 6.33. The molecular weight excluding hydrogens is 250 g/mol. The number of amides is 1. The zero-order chi connectivity index (χ0) is 13.1. The van der Waals surface area contributed by atoms with Gasteiger partial charge in [0.1, 0.15) is 0 Å². The molecule has 0 saturated carbocycles. The molecule has 18 heavy (non-hydrogen) atoms. The summed E-state index contributed by atoms with van der Waals surface area (Å²) in [6.07, 6.45) is 2.32. The van der Waals surface area contributed by atoms with E-state index in [2.05, 4.69) is 17.1 Å². The maximum atomic E-state index is 11.9. The maximum Gasteiger partial charge on any atom is 0.238 e. The summed E-state index contributed by atoms with van der Waals surface area (Å²) in [6.45, 7) is 3.54. The van der Waals surface area contributed by atoms with Crippen molar-refractivity contribution >= 4 is 28.9 Å². The van der Waals surface area contributed by atoms with Crippen LogP contribution in [0.25, 0.3) is 0 Å². The van der Waals surface area contributed by atoms with Gasteiger partial charge in [0.15, 0.2) is 0 Å². The number of rotatable bonds is 3. The fourth-order valence-corrected chi connectivity index (χ4v) is 2.41. The van der Waals surface area contributed by atoms with Gasteiger partial charge in [-0.25, -0.2) is 0 Å². The van der Waals surface area contributed by atoms with Gasteiger partial charge in [0.05, 0.1) is 17.3 Å². The average molecular weight is 268 g/mol. The van der Waals surface area contributed by atoms with Gasteiger partial charge >= 0.3 is 0 Å². The number of likely N-dealkylation sites (tertiary alicyclic amines) is 1. The molecule has 1 unspecified atom stereocenters. The first-order valence-electron chi connectivity index (χ1n) is 6.15. The summed E-state index contributed by atoms with van der Waals surface area (Å²) in [5.41, 5.74) is 6.83. The molecule has 1 aromatic carbocycles. The Hall–Kier alpha value is -1.26. The van der Waals surface area contributed by atoms with E-state index in [0.717, 1.165) is 19.4 Å². The number of hydrogen-bond acceptors (Lipinski definition) is 3. The van der Waals surface area contributed by atoms with Crippen molar-refractivity contribution in [1.82, 2.24) is 4.90 Å². The molecule has 5 heteroatoms. The van der Waals surface area contributed by atoms with Gasteiger partial charge in [-0.15, -0.1) is 0 Å². The van der Waals surface area contributed by atoms with Gasteiger partial charge in [-0.05, 0) is 44.5 Å². The third-order valence-electron chi connectivity index (χ3n) is 3.30. The number of nitrogen functional groups attached to an aromatic ring is 1. The van der Waals surface area contributed by atoms with Crippen molar-refractivity contribution in [2.75, 3.05) is 24.1 Å². The molecule has 0 bridgehead atoms. The van der Waals surface area contributed by atoms with Crippen molar-refractivity contribution in [3.05, 3.63) is 23.2 Å². The van der Waals surface area contributed by atoms with Crippen LogP contribution >= 0.6 is 11.6 Å². The Labute approximate surface area is 112 Å². The largest absolute Gasteiger partial charge is 0.399 e. The Kier molecular flexibility index (Phi) is 4.09. The van der Waals surface area contributed by atoms with Crippen molar-refractivity contribution in [2.45, 2.75) is 25.8 Å². The number of anilines is 2. The van der Waals surface area contributed by atoms with Crippen LogP contribution in [-0.4, -0.2) is 29.9 Å². The first-order chi connectivity index (χ1) is 8.56. The third kappa shape index (κ3) is 3.15. The molecule has 1 saturated heterocycles. The van der Waals surface area contributed by atoms with Crippen LogP contribution in [0.2, 0.25) is 5.02 Å². The highest BCUT2D eigenvalue weighted by Gasteiger charge is 2.22. The number of benzene rings is 1. The molecule has 2 rings (SSSR count). The molecule has 0 spiro atoms. The minimum atomic E-state index is -0.0451. The number of nitrogens with zero attached hydrogens (tertiary/aromatic N) is 1. The molecule has 4 nitrogen and oxygen atoms in total. The second kappa shape index (κ2) is 5.59. The zero-order valence-electron chi connectivity index (χ0n) is 10.4. The van der Waals surface area contributed by atoms with Crippen molar-refractivity contribution in [2.24, 2.45) is 0 Å². The van der Waals surface area contributed by atoms with E-state index in [9.17, 15) is 4.79 Å². The number of nitrogens with two attached hydrogens (primary N) is 1. The number of carbonyl (C=O) groups excluding carboxylic acids is 1. The summed E-state index contributed by atoms with van der Waals surface area (Å²) in [5.74, 6) is -0.0451. The predicted octanol–water partition coefficient (Wildman–Crippen LogP) is 2.34. The molecule has 1 heterocycles. The van der Waals surface area contributed by atoms with Crippen LogP contribution in [0, 0.1) is 0 Å². The van der Waals surface area contributed by atoms with E-state index >= 15 is 0 Å². The first kappa shape index (κ1) is 13.2. The second-order valence-electron chi connectivity index (χ2n) is 4.75. The highest BCUT2D eigenvalue weighted by atomic mass is 35.5. The smallest absolute Gasteiger partial charge is 0.238 e. The number of carbonyl (C=O) groups is 1. The minimum Gasteiger partial charge on any atom is -0.399 e. The van der Waals surface area contributed by atoms with E-state index in [1.807, 2.05) is 0 Å². The SMILES string of the molecule is CC1CCCN1CC(=O)Nc1cc(N)ccc1Cl. The van der Waals surface area contributed by atoms with Crippen LogP contribution in [-0.2, 0) is 4.79 Å². The summed E-state index contributed by atoms with van der Waals surface area (Å²) in [7, 11) is 0. The summed E-state index contributed by atoms with van der Waals surface area (Å²) in [5, 5.41) is 3.31. The Balaban J connectivity index is 1.96. The van der Waals surface area contributed by atoms with Crippen LogP contribution in [0.15, 0.2) is 18.2 Å². The van der Waals surface area contributed by atoms with Crippen molar-refractivity contribution in [1.29, 1.82) is 0 Å². The van der Waals surface area contributed by atoms with Gasteiger partial charge < -0.3 is 11.1 Å². The molecule has 0 aromatic heterocycles. The Morgan fingerprint density at radius 1 is 1.61 bits per heavy atom. The molecule has 1 aliphatic heterocycles. The lowest BCUT2D eigenvalue weighted by atomic mass is 10.2. The molecular formula is C13H18ClN3O. The molecule has 0 radical (unpaired) electrons. The van der Waals surface area contributed by atoms with Crippen molar-refractivity contribution in [3.63, 3.8) is 0 Å². The first-order valence-corrected chi connectivity index (χ1v) is 6.53. The fraction of sp³-hybridized carbons (Fsp3) is 0.462. The molecule has 1 aromatic rings. The van der Waals surface area contributed by atoms with E-state index in [1.165, 1.54) is 0 Å². The highest BCUT2D eigenvalue weighted by Crippen LogP contribution is 2.24. The van der Waals surface area contributed by atoms with Crippen LogP contribution in [0.5, 0.6) is 0 Å². The topological polar surface area (TPSA) is 58.4 Å². The Morgan fingerprint density at radius 2 is 2.39 bits per heavy atom. The number of nitrogens with one attached hydrogen (secondary N) is 1. The van der Waals surface area contributed by atoms with E-state index in [1.54, 1.807) is 18.2 Å². The monoisotopic (exact) mass is 267 g/mol. The van der Waals surface area contributed by atoms with Gasteiger partial charge in [0, 0.05) is 11.7 Å². The van der Waals surface area contributed by atoms with Crippen LogP contribution in [0.4, 0.5) is 11.4 Å². The lowest BCUT2D eigenvalue weighted by Crippen LogP contribution is -2.35. The molecule has 0 aliphatic carbocycles. The molecule has 1 atom stereocenters. The summed E-state index contributed by atoms with van der Waals surface area (Å²) < 4.78 is 0. The van der Waals surface area contributed by atoms with Crippen molar-refractivity contribution in [3.8, 4) is 0 Å². The zero-order valence-corrected chi connectivity index (χ0v) is 11.2. The van der Waals surface area contributed by atoms with Gasteiger partial charge in [-0.2, -0.15) is 0 Å². The van der Waals surface area contributed by atoms with Gasteiger partial charge in [-0.3, -0.25) is 9.69 Å². The van der Waals surface area contributed by atoms with Gasteiger partial charge in [0.2, 0.25) is 5.91 Å². The molecule has 98 valence electrons. The Morgan fingerprint density at radius 3 is 3.06 bits per heavy atom. The van der Waals surface area contributed by atoms with Gasteiger partial charge in [-0.1, -0.05) is 11.6 Å². The Bertz CT molecular complexity index is 450. The lowest BCUT2D eigenvalue weighted by molar-refractivity contribution is -0.117. The number of halogens is 1. The van der Waals surface area contributed by atoms with E-state index in [0.29, 0.717) is 29.0 Å². The average Bonchev–Trinajstić information content (AvgIpc) is 2.70. The molecule has 3 N–H and O–H groups in total. The van der Waals surface area contributed by atoms with Gasteiger partial charge in [0.25, 0.3) is 0 Å². The lowest BCUT2D eigenvalue weighted by Gasteiger charge is -2.20. The summed E-state index contributed by atoms with van der Waals surface area (Å²) in [6, 6.07) is 5.55. The van der Waals surface area contributed by atoms with E-state index < -0.39 is 0 Å². The number of hydrogen-bond donors (Lipinski definition) is 2. The van der Waals surface area contributed by atoms with E-state index in [-0.39, 0.29) is 5.91 Å². The predicted molar refractivity (Wildman–Crippen MR) is 74.8 cm³/mol. The van der Waals surface area contributed by atoms with Crippen LogP contribution in [0.1, 0.15) is 19.8 Å². The second-order valence-corrected chi connectivity index (χ2v) is 5.16. The quantitative estimate of drug-likeness (QED) is 0.827. The minimum absolute atomic E-state index is 0.0451. The fourth-order valence-electron chi connectivity index (χ4n) is 2.24. The molecule has 1 amide bonds. The standard InChI is InChI=1S/C13H18ClN3O/c1-9-3-2-6-17(9)8-13(18)16-12-7-10(15)4-5-11(12)14/h4-5,7,9H,2-3,6,8,15H2,1H3,(H,16,18). The van der Waals surface area contributed by atoms with E-state index in [4.69, 9.17) is 17.3 Å². The third-order valence-corrected chi connectivity index (χ3v) is 3.63. The summed E-state index contributed by atoms with van der Waals surface area (Å²) in [4.78, 5) is 14.1. The molecule has 1 aliphatic rings. The normalized spacial score (nSPS) is 20.0. The van der Waals surface area contributed by atoms with Crippen LogP contribution in [0.3, 0.4) is 0 Å². The maximum absolute atomic E-state index is 11.9.